The highest BCUT2D eigenvalue weighted by Gasteiger charge is 2.58. The van der Waals surface area contributed by atoms with Crippen molar-refractivity contribution in [3.05, 3.63) is 40.7 Å². The molecule has 1 aromatic heterocycles. The average Bonchev–Trinajstić information content (AvgIpc) is 3.21. The number of nitrogens with one attached hydrogen (secondary N) is 2. The lowest BCUT2D eigenvalue weighted by Gasteiger charge is -2.51. The maximum atomic E-state index is 13.4. The van der Waals surface area contributed by atoms with Crippen molar-refractivity contribution in [2.75, 3.05) is 10.6 Å². The molecule has 1 saturated carbocycles. The summed E-state index contributed by atoms with van der Waals surface area (Å²) >= 11 is 1.50. The monoisotopic (exact) mass is 443 g/mol. The molecule has 2 heterocycles. The van der Waals surface area contributed by atoms with Crippen molar-refractivity contribution in [3.8, 4) is 0 Å². The molecule has 1 aliphatic heterocycles. The lowest BCUT2D eigenvalue weighted by atomic mass is 9.54. The van der Waals surface area contributed by atoms with E-state index in [1.807, 2.05) is 6.92 Å². The number of carbonyl (C=O) groups excluding carboxylic acids is 2. The second-order valence-corrected chi connectivity index (χ2v) is 10.5. The largest absolute Gasteiger partial charge is 0.461 e. The van der Waals surface area contributed by atoms with E-state index in [1.165, 1.54) is 28.3 Å². The van der Waals surface area contributed by atoms with Crippen molar-refractivity contribution in [2.24, 2.45) is 23.2 Å². The zero-order valence-corrected chi connectivity index (χ0v) is 18.6. The van der Waals surface area contributed by atoms with Gasteiger partial charge in [0.15, 0.2) is 5.13 Å². The van der Waals surface area contributed by atoms with Gasteiger partial charge in [-0.1, -0.05) is 26.8 Å². The number of anilines is 2. The Hall–Kier alpha value is -2.48. The predicted octanol–water partition coefficient (Wildman–Crippen LogP) is 5.18. The normalized spacial score (nSPS) is 33.7. The van der Waals surface area contributed by atoms with Crippen LogP contribution >= 0.6 is 11.3 Å². The Morgan fingerprint density at radius 3 is 2.87 bits per heavy atom. The summed E-state index contributed by atoms with van der Waals surface area (Å²) in [6.07, 6.45) is 2.88. The summed E-state index contributed by atoms with van der Waals surface area (Å²) in [6.45, 7) is 6.45. The van der Waals surface area contributed by atoms with Crippen molar-refractivity contribution in [2.45, 2.75) is 52.1 Å². The van der Waals surface area contributed by atoms with E-state index in [2.05, 4.69) is 24.5 Å². The molecule has 2 aliphatic carbocycles. The Labute approximate surface area is 184 Å². The smallest absolute Gasteiger partial charge is 0.325 e. The van der Waals surface area contributed by atoms with E-state index in [4.69, 9.17) is 9.72 Å². The molecule has 2 amide bonds. The van der Waals surface area contributed by atoms with E-state index in [0.29, 0.717) is 10.8 Å². The zero-order chi connectivity index (χ0) is 21.9. The van der Waals surface area contributed by atoms with Crippen LogP contribution in [0, 0.1) is 29.0 Å². The Morgan fingerprint density at radius 2 is 2.10 bits per heavy atom. The summed E-state index contributed by atoms with van der Waals surface area (Å²) in [5.74, 6) is 0.117. The van der Waals surface area contributed by atoms with Crippen LogP contribution in [0.15, 0.2) is 24.3 Å². The van der Waals surface area contributed by atoms with Crippen molar-refractivity contribution < 1.29 is 18.7 Å². The highest BCUT2D eigenvalue weighted by Crippen LogP contribution is 2.59. The van der Waals surface area contributed by atoms with Crippen LogP contribution in [0.25, 0.3) is 0 Å². The first-order valence-electron chi connectivity index (χ1n) is 10.8. The molecule has 2 aromatic rings. The van der Waals surface area contributed by atoms with Crippen LogP contribution in [0.2, 0.25) is 0 Å². The van der Waals surface area contributed by atoms with Crippen LogP contribution < -0.4 is 10.6 Å². The summed E-state index contributed by atoms with van der Waals surface area (Å²) in [5.41, 5.74) is 1.42. The third-order valence-corrected chi connectivity index (χ3v) is 8.45. The number of fused-ring (bicyclic) bond motifs is 4. The number of carbonyl (C=O) groups is 2. The number of rotatable bonds is 2. The molecular formula is C23H26FN3O3S. The fraction of sp³-hybridized carbons (Fsp3) is 0.522. The van der Waals surface area contributed by atoms with Crippen molar-refractivity contribution >= 4 is 34.2 Å². The van der Waals surface area contributed by atoms with E-state index < -0.39 is 11.8 Å². The molecule has 1 aromatic carbocycles. The second-order valence-electron chi connectivity index (χ2n) is 9.45. The molecule has 0 spiro atoms. The van der Waals surface area contributed by atoms with E-state index >= 15 is 0 Å². The number of benzene rings is 1. The highest BCUT2D eigenvalue weighted by atomic mass is 32.1. The van der Waals surface area contributed by atoms with Crippen molar-refractivity contribution in [1.82, 2.24) is 4.98 Å². The average molecular weight is 444 g/mol. The van der Waals surface area contributed by atoms with Gasteiger partial charge in [0.05, 0.1) is 11.6 Å². The number of esters is 1. The minimum Gasteiger partial charge on any atom is -0.461 e. The quantitative estimate of drug-likeness (QED) is 0.627. The zero-order valence-electron chi connectivity index (χ0n) is 17.8. The summed E-state index contributed by atoms with van der Waals surface area (Å²) < 4.78 is 19.2. The first-order chi connectivity index (χ1) is 14.7. The first-order valence-corrected chi connectivity index (χ1v) is 11.6. The number of hydrogen-bond donors (Lipinski definition) is 2. The van der Waals surface area contributed by atoms with Gasteiger partial charge in [0.1, 0.15) is 11.9 Å². The number of urea groups is 1. The molecule has 1 saturated heterocycles. The maximum absolute atomic E-state index is 13.4. The molecule has 5 rings (SSSR count). The predicted molar refractivity (Wildman–Crippen MR) is 117 cm³/mol. The van der Waals surface area contributed by atoms with Crippen LogP contribution in [-0.2, 0) is 16.0 Å². The lowest BCUT2D eigenvalue weighted by Crippen LogP contribution is -2.50. The molecule has 8 heteroatoms. The Balaban J connectivity index is 1.37. The minimum absolute atomic E-state index is 0.0395. The minimum atomic E-state index is -0.452. The number of hydrogen-bond acceptors (Lipinski definition) is 5. The van der Waals surface area contributed by atoms with Crippen molar-refractivity contribution in [1.29, 1.82) is 0 Å². The summed E-state index contributed by atoms with van der Waals surface area (Å²) in [6, 6.07) is 5.31. The molecule has 0 bridgehead atoms. The third-order valence-electron chi connectivity index (χ3n) is 7.46. The number of ether oxygens (including phenoxy) is 1. The van der Waals surface area contributed by atoms with Crippen LogP contribution in [-0.4, -0.2) is 23.1 Å². The number of amides is 2. The Morgan fingerprint density at radius 1 is 1.29 bits per heavy atom. The molecule has 164 valence electrons. The number of thiazole rings is 1. The van der Waals surface area contributed by atoms with E-state index in [9.17, 15) is 14.0 Å². The van der Waals surface area contributed by atoms with Gasteiger partial charge in [0, 0.05) is 28.3 Å². The Kier molecular flexibility index (Phi) is 4.80. The fourth-order valence-electron chi connectivity index (χ4n) is 5.96. The summed E-state index contributed by atoms with van der Waals surface area (Å²) in [5, 5.41) is 5.96. The van der Waals surface area contributed by atoms with Gasteiger partial charge < -0.3 is 10.1 Å². The van der Waals surface area contributed by atoms with Gasteiger partial charge in [-0.2, -0.15) is 0 Å². The number of aromatic nitrogens is 1. The standard InChI is InChI=1S/C23H26FN3O3S/c1-11-15-7-8-23(3)10-16-18(12(2)17(23)19(15)30-20(11)28)26-22(31-16)27-21(29)25-14-6-4-5-13(24)9-14/h4-6,9,11-12,15,17,19H,7-8,10H2,1-3H3,(H2,25,26,27,29)/t11-,12+,15-,17+,19+,23+/m0/s1. The van der Waals surface area contributed by atoms with Crippen molar-refractivity contribution in [3.63, 3.8) is 0 Å². The maximum Gasteiger partial charge on any atom is 0.325 e. The van der Waals surface area contributed by atoms with Gasteiger partial charge in [0.2, 0.25) is 0 Å². The molecule has 0 unspecified atom stereocenters. The molecule has 6 atom stereocenters. The lowest BCUT2D eigenvalue weighted by molar-refractivity contribution is -0.149. The molecular weight excluding hydrogens is 417 g/mol. The van der Waals surface area contributed by atoms with E-state index in [0.717, 1.165) is 25.0 Å². The van der Waals surface area contributed by atoms with Gasteiger partial charge in [-0.3, -0.25) is 10.1 Å². The van der Waals surface area contributed by atoms with Gasteiger partial charge in [0.25, 0.3) is 0 Å². The SMILES string of the molecule is C[C@@H]1C(=O)O[C@@H]2[C@H]1CC[C@]1(C)Cc3sc(NC(=O)Nc4cccc(F)c4)nc3[C@H](C)[C@H]21. The molecule has 31 heavy (non-hydrogen) atoms. The second kappa shape index (κ2) is 7.29. The van der Waals surface area contributed by atoms with Gasteiger partial charge in [-0.05, 0) is 42.9 Å². The molecule has 6 nitrogen and oxygen atoms in total. The topological polar surface area (TPSA) is 80.3 Å². The van der Waals surface area contributed by atoms with Crippen LogP contribution in [0.4, 0.5) is 20.0 Å². The van der Waals surface area contributed by atoms with Gasteiger partial charge in [-0.15, -0.1) is 11.3 Å². The van der Waals surface area contributed by atoms with E-state index in [1.54, 1.807) is 12.1 Å². The summed E-state index contributed by atoms with van der Waals surface area (Å²) in [4.78, 5) is 30.6. The van der Waals surface area contributed by atoms with E-state index in [-0.39, 0.29) is 41.2 Å². The van der Waals surface area contributed by atoms with Crippen LogP contribution in [0.3, 0.4) is 0 Å². The number of nitrogens with zero attached hydrogens (tertiary/aromatic N) is 1. The number of halogens is 1. The fourth-order valence-corrected chi connectivity index (χ4v) is 7.22. The third kappa shape index (κ3) is 3.41. The van der Waals surface area contributed by atoms with Crippen LogP contribution in [0.1, 0.15) is 50.1 Å². The first kappa shape index (κ1) is 20.4. The summed E-state index contributed by atoms with van der Waals surface area (Å²) in [7, 11) is 0. The van der Waals surface area contributed by atoms with Gasteiger partial charge in [-0.25, -0.2) is 14.2 Å². The Bertz CT molecular complexity index is 1060. The van der Waals surface area contributed by atoms with Gasteiger partial charge >= 0.3 is 12.0 Å². The molecule has 3 aliphatic rings. The molecule has 2 N–H and O–H groups in total. The molecule has 2 fully saturated rings. The van der Waals surface area contributed by atoms with Crippen LogP contribution in [0.5, 0.6) is 0 Å². The highest BCUT2D eigenvalue weighted by molar-refractivity contribution is 7.15. The molecule has 0 radical (unpaired) electrons.